The van der Waals surface area contributed by atoms with Crippen LogP contribution in [-0.4, -0.2) is 44.4 Å². The second-order valence-corrected chi connectivity index (χ2v) is 9.99. The summed E-state index contributed by atoms with van der Waals surface area (Å²) in [5.41, 5.74) is 0.929. The molecule has 26 heavy (non-hydrogen) atoms. The first-order valence-corrected chi connectivity index (χ1v) is 10.6. The van der Waals surface area contributed by atoms with Crippen molar-refractivity contribution in [2.75, 3.05) is 20.1 Å². The van der Waals surface area contributed by atoms with E-state index in [1.807, 2.05) is 12.1 Å². The largest absolute Gasteiger partial charge is 0.352 e. The van der Waals surface area contributed by atoms with E-state index in [0.717, 1.165) is 24.4 Å². The van der Waals surface area contributed by atoms with Crippen molar-refractivity contribution in [1.29, 1.82) is 0 Å². The molecule has 1 atom stereocenters. The molecule has 7 heteroatoms. The van der Waals surface area contributed by atoms with Crippen LogP contribution in [0.3, 0.4) is 0 Å². The molecule has 1 aromatic rings. The highest BCUT2D eigenvalue weighted by molar-refractivity contribution is 7.89. The van der Waals surface area contributed by atoms with E-state index < -0.39 is 10.0 Å². The fourth-order valence-electron chi connectivity index (χ4n) is 3.01. The first kappa shape index (κ1) is 20.7. The van der Waals surface area contributed by atoms with Gasteiger partial charge in [0.15, 0.2) is 5.96 Å². The van der Waals surface area contributed by atoms with Crippen molar-refractivity contribution in [2.45, 2.75) is 57.5 Å². The Labute approximate surface area is 158 Å². The number of sulfonamides is 1. The van der Waals surface area contributed by atoms with Gasteiger partial charge in [-0.2, -0.15) is 4.31 Å². The second-order valence-electron chi connectivity index (χ2n) is 8.06. The van der Waals surface area contributed by atoms with Crippen molar-refractivity contribution >= 4 is 16.0 Å². The quantitative estimate of drug-likeness (QED) is 0.622. The molecule has 1 aliphatic rings. The molecule has 2 rings (SSSR count). The van der Waals surface area contributed by atoms with Crippen molar-refractivity contribution in [3.05, 3.63) is 29.8 Å². The summed E-state index contributed by atoms with van der Waals surface area (Å²) in [6.07, 6.45) is 2.03. The minimum atomic E-state index is -3.39. The number of benzene rings is 1. The maximum atomic E-state index is 12.8. The van der Waals surface area contributed by atoms with Gasteiger partial charge in [-0.15, -0.1) is 0 Å². The summed E-state index contributed by atoms with van der Waals surface area (Å²) >= 11 is 0. The fourth-order valence-corrected chi connectivity index (χ4v) is 4.61. The summed E-state index contributed by atoms with van der Waals surface area (Å²) in [5.74, 6) is 1.14. The number of hydrogen-bond donors (Lipinski definition) is 2. The lowest BCUT2D eigenvalue weighted by atomic mass is 10.0. The van der Waals surface area contributed by atoms with Gasteiger partial charge in [0.1, 0.15) is 0 Å². The van der Waals surface area contributed by atoms with E-state index in [4.69, 9.17) is 0 Å². The van der Waals surface area contributed by atoms with E-state index >= 15 is 0 Å². The standard InChI is InChI=1S/C19H32N4O2S/c1-15-7-6-12-23(14-15)26(24,25)17-10-8-16(9-11-17)13-21-18(20-5)22-19(2,3)4/h8-11,15H,6-7,12-14H2,1-5H3,(H2,20,21,22). The van der Waals surface area contributed by atoms with Gasteiger partial charge in [-0.1, -0.05) is 19.1 Å². The molecular formula is C19H32N4O2S. The van der Waals surface area contributed by atoms with Crippen LogP contribution in [0.5, 0.6) is 0 Å². The van der Waals surface area contributed by atoms with Gasteiger partial charge < -0.3 is 10.6 Å². The van der Waals surface area contributed by atoms with E-state index in [1.54, 1.807) is 23.5 Å². The molecule has 6 nitrogen and oxygen atoms in total. The minimum Gasteiger partial charge on any atom is -0.352 e. The Morgan fingerprint density at radius 3 is 2.46 bits per heavy atom. The van der Waals surface area contributed by atoms with Crippen molar-refractivity contribution < 1.29 is 8.42 Å². The molecule has 0 aliphatic carbocycles. The smallest absolute Gasteiger partial charge is 0.243 e. The molecule has 1 saturated heterocycles. The van der Waals surface area contributed by atoms with Crippen LogP contribution >= 0.6 is 0 Å². The first-order valence-electron chi connectivity index (χ1n) is 9.20. The SMILES string of the molecule is CN=C(NCc1ccc(S(=O)(=O)N2CCCC(C)C2)cc1)NC(C)(C)C. The molecule has 1 fully saturated rings. The molecule has 146 valence electrons. The lowest BCUT2D eigenvalue weighted by Crippen LogP contribution is -2.47. The molecule has 0 aromatic heterocycles. The summed E-state index contributed by atoms with van der Waals surface area (Å²) in [5, 5.41) is 6.54. The van der Waals surface area contributed by atoms with E-state index in [2.05, 4.69) is 43.3 Å². The number of nitrogens with one attached hydrogen (secondary N) is 2. The lowest BCUT2D eigenvalue weighted by molar-refractivity contribution is 0.281. The summed E-state index contributed by atoms with van der Waals surface area (Å²) in [4.78, 5) is 4.57. The van der Waals surface area contributed by atoms with E-state index in [0.29, 0.717) is 30.4 Å². The van der Waals surface area contributed by atoms with Crippen LogP contribution in [0.4, 0.5) is 0 Å². The highest BCUT2D eigenvalue weighted by Gasteiger charge is 2.28. The minimum absolute atomic E-state index is 0.0780. The van der Waals surface area contributed by atoms with Crippen molar-refractivity contribution in [2.24, 2.45) is 10.9 Å². The summed E-state index contributed by atoms with van der Waals surface area (Å²) < 4.78 is 27.2. The highest BCUT2D eigenvalue weighted by atomic mass is 32.2. The van der Waals surface area contributed by atoms with Crippen molar-refractivity contribution in [1.82, 2.24) is 14.9 Å². The van der Waals surface area contributed by atoms with Gasteiger partial charge >= 0.3 is 0 Å². The number of piperidine rings is 1. The third-order valence-corrected chi connectivity index (χ3v) is 6.24. The Kier molecular flexibility index (Phi) is 6.69. The van der Waals surface area contributed by atoms with Gasteiger partial charge in [0, 0.05) is 32.2 Å². The zero-order valence-electron chi connectivity index (χ0n) is 16.5. The molecule has 1 unspecified atom stereocenters. The van der Waals surface area contributed by atoms with Crippen LogP contribution in [0, 0.1) is 5.92 Å². The number of nitrogens with zero attached hydrogens (tertiary/aromatic N) is 2. The van der Waals surface area contributed by atoms with Gasteiger partial charge in [0.05, 0.1) is 4.90 Å². The first-order chi connectivity index (χ1) is 12.1. The molecule has 1 heterocycles. The average Bonchev–Trinajstić information content (AvgIpc) is 2.58. The third-order valence-electron chi connectivity index (χ3n) is 4.36. The Balaban J connectivity index is 2.01. The van der Waals surface area contributed by atoms with Gasteiger partial charge in [0.2, 0.25) is 10.0 Å². The summed E-state index contributed by atoms with van der Waals surface area (Å²) in [6, 6.07) is 7.12. The van der Waals surface area contributed by atoms with Crippen molar-refractivity contribution in [3.8, 4) is 0 Å². The maximum Gasteiger partial charge on any atom is 0.243 e. The van der Waals surface area contributed by atoms with E-state index in [1.165, 1.54) is 0 Å². The second kappa shape index (κ2) is 8.39. The van der Waals surface area contributed by atoms with Crippen LogP contribution in [0.15, 0.2) is 34.2 Å². The number of guanidine groups is 1. The molecule has 0 spiro atoms. The number of hydrogen-bond acceptors (Lipinski definition) is 3. The van der Waals surface area contributed by atoms with Crippen LogP contribution in [0.1, 0.15) is 46.1 Å². The Morgan fingerprint density at radius 2 is 1.92 bits per heavy atom. The molecule has 2 N–H and O–H groups in total. The van der Waals surface area contributed by atoms with E-state index in [-0.39, 0.29) is 5.54 Å². The van der Waals surface area contributed by atoms with Gasteiger partial charge in [-0.25, -0.2) is 8.42 Å². The fraction of sp³-hybridized carbons (Fsp3) is 0.632. The Morgan fingerprint density at radius 1 is 1.27 bits per heavy atom. The molecule has 1 aliphatic heterocycles. The topological polar surface area (TPSA) is 73.8 Å². The molecule has 0 amide bonds. The molecule has 0 bridgehead atoms. The molecule has 0 radical (unpaired) electrons. The molecular weight excluding hydrogens is 348 g/mol. The predicted octanol–water partition coefficient (Wildman–Crippen LogP) is 2.57. The van der Waals surface area contributed by atoms with E-state index in [9.17, 15) is 8.42 Å². The number of rotatable bonds is 4. The van der Waals surface area contributed by atoms with Gasteiger partial charge in [-0.05, 0) is 57.2 Å². The third kappa shape index (κ3) is 5.71. The summed E-state index contributed by atoms with van der Waals surface area (Å²) in [6.45, 7) is 10.1. The Hall–Kier alpha value is -1.60. The van der Waals surface area contributed by atoms with Crippen LogP contribution in [0.2, 0.25) is 0 Å². The Bertz CT molecular complexity index is 721. The van der Waals surface area contributed by atoms with Crippen LogP contribution in [-0.2, 0) is 16.6 Å². The normalized spacial score (nSPS) is 20.0. The highest BCUT2D eigenvalue weighted by Crippen LogP contribution is 2.23. The predicted molar refractivity (Wildman–Crippen MR) is 107 cm³/mol. The summed E-state index contributed by atoms with van der Waals surface area (Å²) in [7, 11) is -1.66. The van der Waals surface area contributed by atoms with Crippen LogP contribution in [0.25, 0.3) is 0 Å². The van der Waals surface area contributed by atoms with Crippen LogP contribution < -0.4 is 10.6 Å². The maximum absolute atomic E-state index is 12.8. The molecule has 0 saturated carbocycles. The average molecular weight is 381 g/mol. The zero-order valence-corrected chi connectivity index (χ0v) is 17.4. The number of aliphatic imine (C=N–C) groups is 1. The molecule has 1 aromatic carbocycles. The van der Waals surface area contributed by atoms with Crippen molar-refractivity contribution in [3.63, 3.8) is 0 Å². The van der Waals surface area contributed by atoms with Gasteiger partial charge in [0.25, 0.3) is 0 Å². The zero-order chi connectivity index (χ0) is 19.4. The lowest BCUT2D eigenvalue weighted by Gasteiger charge is -2.30. The van der Waals surface area contributed by atoms with Gasteiger partial charge in [-0.3, -0.25) is 4.99 Å². The monoisotopic (exact) mass is 380 g/mol.